The predicted molar refractivity (Wildman–Crippen MR) is 65.1 cm³/mol. The van der Waals surface area contributed by atoms with Gasteiger partial charge in [-0.15, -0.1) is 0 Å². The van der Waals surface area contributed by atoms with E-state index in [-0.39, 0.29) is 5.60 Å². The zero-order chi connectivity index (χ0) is 11.3. The van der Waals surface area contributed by atoms with E-state index in [2.05, 4.69) is 32.2 Å². The Kier molecular flexibility index (Phi) is 4.81. The van der Waals surface area contributed by atoms with Gasteiger partial charge < -0.3 is 10.1 Å². The number of likely N-dealkylation sites (N-methyl/N-ethyl adjacent to an activating group) is 1. The molecule has 0 radical (unpaired) electrons. The number of nitrogens with one attached hydrogen (secondary N) is 1. The summed E-state index contributed by atoms with van der Waals surface area (Å²) >= 11 is 0. The largest absolute Gasteiger partial charge is 0.378 e. The number of hydrogen-bond donors (Lipinski definition) is 1. The minimum Gasteiger partial charge on any atom is -0.378 e. The third-order valence-corrected chi connectivity index (χ3v) is 3.29. The maximum atomic E-state index is 5.66. The fourth-order valence-corrected chi connectivity index (χ4v) is 2.32. The van der Waals surface area contributed by atoms with Gasteiger partial charge >= 0.3 is 0 Å². The van der Waals surface area contributed by atoms with Crippen LogP contribution >= 0.6 is 0 Å². The molecule has 2 heteroatoms. The van der Waals surface area contributed by atoms with E-state index in [4.69, 9.17) is 4.74 Å². The molecule has 1 unspecified atom stereocenters. The third-order valence-electron chi connectivity index (χ3n) is 3.29. The van der Waals surface area contributed by atoms with Crippen molar-refractivity contribution >= 4 is 0 Å². The molecule has 1 fully saturated rings. The Hall–Kier alpha value is -0.340. The van der Waals surface area contributed by atoms with E-state index in [0.717, 1.165) is 13.0 Å². The highest BCUT2D eigenvalue weighted by Gasteiger charge is 2.38. The second-order valence-corrected chi connectivity index (χ2v) is 4.85. The van der Waals surface area contributed by atoms with Crippen LogP contribution in [0, 0.1) is 0 Å². The quantitative estimate of drug-likeness (QED) is 0.682. The average Bonchev–Trinajstić information content (AvgIpc) is 2.10. The molecule has 0 amide bonds. The van der Waals surface area contributed by atoms with Crippen LogP contribution in [-0.4, -0.2) is 25.3 Å². The summed E-state index contributed by atoms with van der Waals surface area (Å²) in [5.74, 6) is 0. The summed E-state index contributed by atoms with van der Waals surface area (Å²) < 4.78 is 5.66. The molecule has 2 nitrogen and oxygen atoms in total. The van der Waals surface area contributed by atoms with Crippen molar-refractivity contribution in [1.82, 2.24) is 5.32 Å². The molecule has 0 saturated heterocycles. The van der Waals surface area contributed by atoms with Crippen molar-refractivity contribution in [2.75, 3.05) is 13.7 Å². The van der Waals surface area contributed by atoms with Gasteiger partial charge in [-0.2, -0.15) is 0 Å². The minimum atomic E-state index is 0.165. The van der Waals surface area contributed by atoms with Gasteiger partial charge in [0, 0.05) is 13.2 Å². The Morgan fingerprint density at radius 3 is 2.47 bits per heavy atom. The maximum Gasteiger partial charge on any atom is 0.0696 e. The van der Waals surface area contributed by atoms with Crippen molar-refractivity contribution in [3.05, 3.63) is 11.6 Å². The van der Waals surface area contributed by atoms with Crippen LogP contribution in [0.2, 0.25) is 0 Å². The molecule has 0 aromatic heterocycles. The first kappa shape index (κ1) is 12.7. The van der Waals surface area contributed by atoms with Crippen LogP contribution in [0.25, 0.3) is 0 Å². The first-order valence-corrected chi connectivity index (χ1v) is 6.05. The van der Waals surface area contributed by atoms with Gasteiger partial charge in [0.2, 0.25) is 0 Å². The van der Waals surface area contributed by atoms with Gasteiger partial charge in [-0.25, -0.2) is 0 Å². The summed E-state index contributed by atoms with van der Waals surface area (Å²) in [5.41, 5.74) is 1.55. The Morgan fingerprint density at radius 1 is 1.47 bits per heavy atom. The third kappa shape index (κ3) is 3.62. The Morgan fingerprint density at radius 2 is 2.13 bits per heavy atom. The van der Waals surface area contributed by atoms with Gasteiger partial charge in [0.25, 0.3) is 0 Å². The number of methoxy groups -OCH3 is 1. The zero-order valence-corrected chi connectivity index (χ0v) is 10.6. The molecule has 1 atom stereocenters. The molecule has 0 aromatic rings. The summed E-state index contributed by atoms with van der Waals surface area (Å²) in [4.78, 5) is 0. The monoisotopic (exact) mass is 211 g/mol. The lowest BCUT2D eigenvalue weighted by molar-refractivity contribution is -0.0807. The van der Waals surface area contributed by atoms with E-state index in [1.165, 1.54) is 24.8 Å². The van der Waals surface area contributed by atoms with Crippen LogP contribution in [0.4, 0.5) is 0 Å². The summed E-state index contributed by atoms with van der Waals surface area (Å²) in [6.07, 6.45) is 7.20. The molecule has 15 heavy (non-hydrogen) atoms. The van der Waals surface area contributed by atoms with Crippen molar-refractivity contribution in [3.8, 4) is 0 Å². The van der Waals surface area contributed by atoms with E-state index < -0.39 is 0 Å². The topological polar surface area (TPSA) is 21.3 Å². The van der Waals surface area contributed by atoms with E-state index in [9.17, 15) is 0 Å². The normalized spacial score (nSPS) is 20.5. The zero-order valence-electron chi connectivity index (χ0n) is 10.6. The van der Waals surface area contributed by atoms with Crippen LogP contribution in [-0.2, 0) is 4.74 Å². The summed E-state index contributed by atoms with van der Waals surface area (Å²) in [6, 6.07) is 0.472. The highest BCUT2D eigenvalue weighted by Crippen LogP contribution is 2.39. The van der Waals surface area contributed by atoms with Gasteiger partial charge in [0.1, 0.15) is 0 Å². The lowest BCUT2D eigenvalue weighted by Gasteiger charge is -2.42. The second kappa shape index (κ2) is 5.66. The number of ether oxygens (including phenoxy) is 1. The molecule has 0 aliphatic heterocycles. The van der Waals surface area contributed by atoms with Crippen LogP contribution in [0.15, 0.2) is 11.6 Å². The van der Waals surface area contributed by atoms with Crippen molar-refractivity contribution in [3.63, 3.8) is 0 Å². The molecule has 0 bridgehead atoms. The molecule has 1 aliphatic rings. The number of rotatable bonds is 6. The molecule has 0 spiro atoms. The van der Waals surface area contributed by atoms with Crippen LogP contribution in [0.3, 0.4) is 0 Å². The Bertz CT molecular complexity index is 209. The van der Waals surface area contributed by atoms with Gasteiger partial charge in [-0.05, 0) is 46.1 Å². The summed E-state index contributed by atoms with van der Waals surface area (Å²) in [5, 5.41) is 3.52. The van der Waals surface area contributed by atoms with Crippen molar-refractivity contribution in [2.45, 2.75) is 58.1 Å². The summed E-state index contributed by atoms with van der Waals surface area (Å²) in [6.45, 7) is 7.50. The van der Waals surface area contributed by atoms with E-state index in [1.807, 2.05) is 7.11 Å². The fourth-order valence-electron chi connectivity index (χ4n) is 2.32. The molecular formula is C13H25NO. The maximum absolute atomic E-state index is 5.66. The first-order valence-electron chi connectivity index (χ1n) is 6.05. The van der Waals surface area contributed by atoms with E-state index in [0.29, 0.717) is 6.04 Å². The molecule has 1 saturated carbocycles. The number of hydrogen-bond acceptors (Lipinski definition) is 2. The van der Waals surface area contributed by atoms with Crippen molar-refractivity contribution in [2.24, 2.45) is 0 Å². The molecule has 1 aliphatic carbocycles. The smallest absolute Gasteiger partial charge is 0.0696 e. The molecular weight excluding hydrogens is 186 g/mol. The Balaban J connectivity index is 2.53. The fraction of sp³-hybridized carbons (Fsp3) is 0.846. The molecule has 88 valence electrons. The van der Waals surface area contributed by atoms with Crippen LogP contribution in [0.5, 0.6) is 0 Å². The van der Waals surface area contributed by atoms with E-state index >= 15 is 0 Å². The standard InChI is InChI=1S/C13H25NO/c1-5-14-12(9-11(2)3)10-13(15-4)7-6-8-13/h9,12,14H,5-8,10H2,1-4H3. The second-order valence-electron chi connectivity index (χ2n) is 4.85. The van der Waals surface area contributed by atoms with Gasteiger partial charge in [-0.1, -0.05) is 18.6 Å². The lowest BCUT2D eigenvalue weighted by atomic mass is 9.75. The highest BCUT2D eigenvalue weighted by molar-refractivity contribution is 5.05. The van der Waals surface area contributed by atoms with Crippen molar-refractivity contribution < 1.29 is 4.74 Å². The molecule has 0 aromatic carbocycles. The lowest BCUT2D eigenvalue weighted by Crippen LogP contribution is -2.45. The van der Waals surface area contributed by atoms with Gasteiger partial charge in [-0.3, -0.25) is 0 Å². The summed E-state index contributed by atoms with van der Waals surface area (Å²) in [7, 11) is 1.85. The SMILES string of the molecule is CCNC(C=C(C)C)CC1(OC)CCC1. The van der Waals surface area contributed by atoms with Crippen LogP contribution < -0.4 is 5.32 Å². The molecule has 1 N–H and O–H groups in total. The first-order chi connectivity index (χ1) is 7.12. The van der Waals surface area contributed by atoms with E-state index in [1.54, 1.807) is 0 Å². The number of allylic oxidation sites excluding steroid dienone is 1. The van der Waals surface area contributed by atoms with Gasteiger partial charge in [0.05, 0.1) is 5.60 Å². The Labute approximate surface area is 94.1 Å². The highest BCUT2D eigenvalue weighted by atomic mass is 16.5. The predicted octanol–water partition coefficient (Wildman–Crippen LogP) is 2.89. The van der Waals surface area contributed by atoms with Crippen LogP contribution in [0.1, 0.15) is 46.5 Å². The van der Waals surface area contributed by atoms with Crippen molar-refractivity contribution in [1.29, 1.82) is 0 Å². The molecule has 1 rings (SSSR count). The van der Waals surface area contributed by atoms with Gasteiger partial charge in [0.15, 0.2) is 0 Å². The minimum absolute atomic E-state index is 0.165. The molecule has 0 heterocycles. The average molecular weight is 211 g/mol.